The van der Waals surface area contributed by atoms with Crippen LogP contribution in [0, 0.1) is 11.8 Å². The Hall–Kier alpha value is -1.39. The predicted molar refractivity (Wildman–Crippen MR) is 49.8 cm³/mol. The van der Waals surface area contributed by atoms with Gasteiger partial charge in [0.2, 0.25) is 11.8 Å². The molecule has 1 N–H and O–H groups in total. The number of carboxylic acids is 1. The predicted octanol–water partition coefficient (Wildman–Crippen LogP) is 0.245. The zero-order valence-corrected chi connectivity index (χ0v) is 8.47. The molecule has 3 unspecified atom stereocenters. The van der Waals surface area contributed by atoms with E-state index in [1.807, 2.05) is 0 Å². The molecule has 1 saturated heterocycles. The van der Waals surface area contributed by atoms with Crippen LogP contribution in [0.4, 0.5) is 0 Å². The highest BCUT2D eigenvalue weighted by Gasteiger charge is 2.52. The van der Waals surface area contributed by atoms with Crippen LogP contribution >= 0.6 is 0 Å². The number of carbonyl (C=O) groups excluding carboxylic acids is 2. The van der Waals surface area contributed by atoms with Gasteiger partial charge in [0.1, 0.15) is 6.04 Å². The molecule has 0 aromatic rings. The van der Waals surface area contributed by atoms with Crippen LogP contribution in [0.15, 0.2) is 0 Å². The van der Waals surface area contributed by atoms with Gasteiger partial charge in [0.15, 0.2) is 0 Å². The van der Waals surface area contributed by atoms with Crippen LogP contribution in [0.1, 0.15) is 26.2 Å². The van der Waals surface area contributed by atoms with E-state index in [1.54, 1.807) is 0 Å². The summed E-state index contributed by atoms with van der Waals surface area (Å²) in [6.07, 6.45) is 2.33. The summed E-state index contributed by atoms with van der Waals surface area (Å²) >= 11 is 0. The summed E-state index contributed by atoms with van der Waals surface area (Å²) in [6, 6.07) is -1.03. The highest BCUT2D eigenvalue weighted by molar-refractivity contribution is 6.07. The Kier molecular flexibility index (Phi) is 2.25. The molecule has 0 radical (unpaired) electrons. The fourth-order valence-electron chi connectivity index (χ4n) is 2.51. The molecular formula is C10H13NO4. The average Bonchev–Trinajstić information content (AvgIpc) is 2.71. The molecule has 15 heavy (non-hydrogen) atoms. The first-order valence-corrected chi connectivity index (χ1v) is 5.13. The molecule has 2 aliphatic rings. The number of amides is 2. The number of fused-ring (bicyclic) bond motifs is 1. The van der Waals surface area contributed by atoms with E-state index in [9.17, 15) is 14.4 Å². The third kappa shape index (κ3) is 1.33. The third-order valence-corrected chi connectivity index (χ3v) is 3.37. The van der Waals surface area contributed by atoms with E-state index in [0.717, 1.165) is 24.2 Å². The molecule has 1 aliphatic carbocycles. The van der Waals surface area contributed by atoms with Gasteiger partial charge in [-0.1, -0.05) is 6.42 Å². The van der Waals surface area contributed by atoms with Crippen LogP contribution in [-0.4, -0.2) is 33.8 Å². The lowest BCUT2D eigenvalue weighted by atomic mass is 10.00. The maximum absolute atomic E-state index is 11.8. The summed E-state index contributed by atoms with van der Waals surface area (Å²) in [6.45, 7) is 1.37. The van der Waals surface area contributed by atoms with Gasteiger partial charge in [-0.15, -0.1) is 0 Å². The van der Waals surface area contributed by atoms with Gasteiger partial charge in [0.05, 0.1) is 11.8 Å². The van der Waals surface area contributed by atoms with Crippen molar-refractivity contribution >= 4 is 17.8 Å². The first kappa shape index (κ1) is 10.1. The Morgan fingerprint density at radius 2 is 1.80 bits per heavy atom. The molecule has 0 aromatic heterocycles. The highest BCUT2D eigenvalue weighted by Crippen LogP contribution is 2.40. The summed E-state index contributed by atoms with van der Waals surface area (Å²) in [5, 5.41) is 8.80. The van der Waals surface area contributed by atoms with Crippen LogP contribution in [0.3, 0.4) is 0 Å². The largest absolute Gasteiger partial charge is 0.480 e. The molecule has 1 aliphatic heterocycles. The zero-order valence-electron chi connectivity index (χ0n) is 8.47. The van der Waals surface area contributed by atoms with Gasteiger partial charge in [-0.05, 0) is 19.8 Å². The van der Waals surface area contributed by atoms with Crippen molar-refractivity contribution in [2.45, 2.75) is 32.2 Å². The maximum atomic E-state index is 11.8. The molecule has 1 heterocycles. The summed E-state index contributed by atoms with van der Waals surface area (Å²) in [4.78, 5) is 35.2. The van der Waals surface area contributed by atoms with E-state index in [0.29, 0.717) is 0 Å². The van der Waals surface area contributed by atoms with Crippen molar-refractivity contribution in [1.29, 1.82) is 0 Å². The summed E-state index contributed by atoms with van der Waals surface area (Å²) in [5.74, 6) is -2.22. The topological polar surface area (TPSA) is 74.7 Å². The average molecular weight is 211 g/mol. The number of imide groups is 1. The van der Waals surface area contributed by atoms with Crippen molar-refractivity contribution in [1.82, 2.24) is 4.90 Å². The van der Waals surface area contributed by atoms with Crippen LogP contribution in [0.25, 0.3) is 0 Å². The Morgan fingerprint density at radius 1 is 1.33 bits per heavy atom. The lowest BCUT2D eigenvalue weighted by molar-refractivity contribution is -0.154. The molecule has 2 amide bonds. The molecule has 0 spiro atoms. The van der Waals surface area contributed by atoms with E-state index >= 15 is 0 Å². The Bertz CT molecular complexity index is 316. The number of aliphatic carboxylic acids is 1. The molecule has 0 aromatic carbocycles. The van der Waals surface area contributed by atoms with E-state index in [4.69, 9.17) is 5.11 Å². The highest BCUT2D eigenvalue weighted by atomic mass is 16.4. The first-order valence-electron chi connectivity index (χ1n) is 5.13. The van der Waals surface area contributed by atoms with Crippen molar-refractivity contribution in [2.75, 3.05) is 0 Å². The van der Waals surface area contributed by atoms with E-state index in [1.165, 1.54) is 6.92 Å². The SMILES string of the molecule is CC(C(=O)O)N1C(=O)C2CCCC2C1=O. The lowest BCUT2D eigenvalue weighted by Gasteiger charge is -2.19. The van der Waals surface area contributed by atoms with Gasteiger partial charge in [-0.3, -0.25) is 14.5 Å². The number of hydrogen-bond acceptors (Lipinski definition) is 3. The molecular weight excluding hydrogens is 198 g/mol. The molecule has 2 fully saturated rings. The molecule has 2 rings (SSSR count). The van der Waals surface area contributed by atoms with Crippen molar-refractivity contribution in [3.63, 3.8) is 0 Å². The maximum Gasteiger partial charge on any atom is 0.326 e. The number of carboxylic acid groups (broad SMARTS) is 1. The van der Waals surface area contributed by atoms with Crippen molar-refractivity contribution in [3.05, 3.63) is 0 Å². The van der Waals surface area contributed by atoms with Gasteiger partial charge >= 0.3 is 5.97 Å². The molecule has 0 bridgehead atoms. The second-order valence-electron chi connectivity index (χ2n) is 4.20. The standard InChI is InChI=1S/C10H13NO4/c1-5(10(14)15)11-8(12)6-3-2-4-7(6)9(11)13/h5-7H,2-4H2,1H3,(H,14,15). The minimum absolute atomic E-state index is 0.251. The fourth-order valence-corrected chi connectivity index (χ4v) is 2.51. The number of rotatable bonds is 2. The van der Waals surface area contributed by atoms with Crippen LogP contribution in [-0.2, 0) is 14.4 Å². The van der Waals surface area contributed by atoms with Gasteiger partial charge in [-0.2, -0.15) is 0 Å². The van der Waals surface area contributed by atoms with Crippen molar-refractivity contribution in [3.8, 4) is 0 Å². The lowest BCUT2D eigenvalue weighted by Crippen LogP contribution is -2.43. The van der Waals surface area contributed by atoms with Crippen molar-refractivity contribution in [2.24, 2.45) is 11.8 Å². The normalized spacial score (nSPS) is 31.9. The number of carbonyl (C=O) groups is 3. The molecule has 5 heteroatoms. The summed E-state index contributed by atoms with van der Waals surface area (Å²) in [5.41, 5.74) is 0. The molecule has 1 saturated carbocycles. The van der Waals surface area contributed by atoms with Gasteiger partial charge in [0.25, 0.3) is 0 Å². The van der Waals surface area contributed by atoms with Crippen LogP contribution in [0.2, 0.25) is 0 Å². The number of likely N-dealkylation sites (tertiary alicyclic amines) is 1. The monoisotopic (exact) mass is 211 g/mol. The Morgan fingerprint density at radius 3 is 2.20 bits per heavy atom. The van der Waals surface area contributed by atoms with E-state index in [2.05, 4.69) is 0 Å². The number of hydrogen-bond donors (Lipinski definition) is 1. The van der Waals surface area contributed by atoms with Crippen LogP contribution in [0.5, 0.6) is 0 Å². The molecule has 5 nitrogen and oxygen atoms in total. The van der Waals surface area contributed by atoms with Gasteiger partial charge < -0.3 is 5.11 Å². The molecule has 82 valence electrons. The first-order chi connectivity index (χ1) is 7.04. The molecule has 3 atom stereocenters. The quantitative estimate of drug-likeness (QED) is 0.664. The second kappa shape index (κ2) is 3.32. The second-order valence-corrected chi connectivity index (χ2v) is 4.20. The van der Waals surface area contributed by atoms with E-state index in [-0.39, 0.29) is 23.7 Å². The van der Waals surface area contributed by atoms with Crippen molar-refractivity contribution < 1.29 is 19.5 Å². The van der Waals surface area contributed by atoms with Gasteiger partial charge in [0, 0.05) is 0 Å². The fraction of sp³-hybridized carbons (Fsp3) is 0.700. The smallest absolute Gasteiger partial charge is 0.326 e. The zero-order chi connectivity index (χ0) is 11.2. The minimum atomic E-state index is -1.13. The third-order valence-electron chi connectivity index (χ3n) is 3.37. The Balaban J connectivity index is 2.25. The summed E-state index contributed by atoms with van der Waals surface area (Å²) < 4.78 is 0. The van der Waals surface area contributed by atoms with Crippen LogP contribution < -0.4 is 0 Å². The Labute approximate surface area is 87.1 Å². The minimum Gasteiger partial charge on any atom is -0.480 e. The number of nitrogens with zero attached hydrogens (tertiary/aromatic N) is 1. The van der Waals surface area contributed by atoms with Gasteiger partial charge in [-0.25, -0.2) is 4.79 Å². The summed E-state index contributed by atoms with van der Waals surface area (Å²) in [7, 11) is 0. The van der Waals surface area contributed by atoms with E-state index < -0.39 is 12.0 Å².